The molecule has 1 atom stereocenters. The summed E-state index contributed by atoms with van der Waals surface area (Å²) in [6, 6.07) is 42.5. The van der Waals surface area contributed by atoms with Crippen molar-refractivity contribution in [1.82, 2.24) is 4.98 Å². The molecule has 0 aliphatic heterocycles. The molecule has 6 aromatic rings. The molecule has 0 radical (unpaired) electrons. The van der Waals surface area contributed by atoms with Gasteiger partial charge in [-0.25, -0.2) is 0 Å². The van der Waals surface area contributed by atoms with Crippen LogP contribution in [-0.4, -0.2) is 4.98 Å². The molecule has 1 heterocycles. The SMILES string of the molecule is O=P(c1ccccc1)(c1ccc(-c2cnc3ccccc3c2)cc1)c1cccc2ccccc12. The van der Waals surface area contributed by atoms with E-state index in [1.165, 1.54) is 0 Å². The highest BCUT2D eigenvalue weighted by molar-refractivity contribution is 7.85. The maximum absolute atomic E-state index is 15.0. The molecule has 0 saturated carbocycles. The third kappa shape index (κ3) is 3.44. The second kappa shape index (κ2) is 8.41. The Hall–Kier alpha value is -4.00. The first-order valence-electron chi connectivity index (χ1n) is 11.3. The molecule has 6 rings (SSSR count). The smallest absolute Gasteiger partial charge is 0.171 e. The zero-order valence-corrected chi connectivity index (χ0v) is 19.4. The van der Waals surface area contributed by atoms with Crippen LogP contribution < -0.4 is 15.9 Å². The maximum atomic E-state index is 15.0. The molecule has 0 spiro atoms. The lowest BCUT2D eigenvalue weighted by molar-refractivity contribution is 0.592. The van der Waals surface area contributed by atoms with Gasteiger partial charge in [-0.3, -0.25) is 4.98 Å². The number of pyridine rings is 1. The number of hydrogen-bond donors (Lipinski definition) is 0. The van der Waals surface area contributed by atoms with Crippen molar-refractivity contribution in [2.24, 2.45) is 0 Å². The first-order chi connectivity index (χ1) is 16.7. The van der Waals surface area contributed by atoms with Crippen LogP contribution in [0.5, 0.6) is 0 Å². The predicted molar refractivity (Wildman–Crippen MR) is 144 cm³/mol. The average molecular weight is 455 g/mol. The van der Waals surface area contributed by atoms with Crippen LogP contribution in [0.3, 0.4) is 0 Å². The van der Waals surface area contributed by atoms with Gasteiger partial charge in [0.15, 0.2) is 7.14 Å². The van der Waals surface area contributed by atoms with Gasteiger partial charge in [-0.2, -0.15) is 0 Å². The fraction of sp³-hybridized carbons (Fsp3) is 0. The summed E-state index contributed by atoms with van der Waals surface area (Å²) in [5, 5.41) is 5.76. The Balaban J connectivity index is 1.52. The molecule has 1 aromatic heterocycles. The van der Waals surface area contributed by atoms with E-state index >= 15 is 4.57 Å². The van der Waals surface area contributed by atoms with Crippen molar-refractivity contribution < 1.29 is 4.57 Å². The third-order valence-corrected chi connectivity index (χ3v) is 9.50. The Morgan fingerprint density at radius 3 is 2.00 bits per heavy atom. The predicted octanol–water partition coefficient (Wildman–Crippen LogP) is 6.69. The summed E-state index contributed by atoms with van der Waals surface area (Å²) < 4.78 is 15.0. The van der Waals surface area contributed by atoms with Gasteiger partial charge in [0.2, 0.25) is 0 Å². The van der Waals surface area contributed by atoms with E-state index in [1.807, 2.05) is 91.1 Å². The highest BCUT2D eigenvalue weighted by atomic mass is 31.2. The molecule has 1 unspecified atom stereocenters. The first-order valence-corrected chi connectivity index (χ1v) is 13.0. The summed E-state index contributed by atoms with van der Waals surface area (Å²) in [5.41, 5.74) is 3.08. The van der Waals surface area contributed by atoms with Crippen molar-refractivity contribution in [2.45, 2.75) is 0 Å². The van der Waals surface area contributed by atoms with Gasteiger partial charge in [-0.1, -0.05) is 115 Å². The topological polar surface area (TPSA) is 30.0 Å². The van der Waals surface area contributed by atoms with Crippen molar-refractivity contribution in [1.29, 1.82) is 0 Å². The molecule has 3 heteroatoms. The number of rotatable bonds is 4. The number of nitrogens with zero attached hydrogens (tertiary/aromatic N) is 1. The Bertz CT molecular complexity index is 1670. The fourth-order valence-corrected chi connectivity index (χ4v) is 7.50. The van der Waals surface area contributed by atoms with E-state index in [0.717, 1.165) is 48.7 Å². The van der Waals surface area contributed by atoms with Gasteiger partial charge in [0.25, 0.3) is 0 Å². The van der Waals surface area contributed by atoms with Crippen LogP contribution in [0.4, 0.5) is 0 Å². The van der Waals surface area contributed by atoms with Crippen molar-refractivity contribution in [3.05, 3.63) is 134 Å². The van der Waals surface area contributed by atoms with Gasteiger partial charge in [0, 0.05) is 33.1 Å². The minimum atomic E-state index is -3.09. The molecule has 5 aromatic carbocycles. The monoisotopic (exact) mass is 455 g/mol. The van der Waals surface area contributed by atoms with E-state index in [1.54, 1.807) is 0 Å². The van der Waals surface area contributed by atoms with Crippen LogP contribution in [0.1, 0.15) is 0 Å². The van der Waals surface area contributed by atoms with Gasteiger partial charge in [0.05, 0.1) is 5.52 Å². The van der Waals surface area contributed by atoms with Crippen LogP contribution >= 0.6 is 7.14 Å². The zero-order chi connectivity index (χ0) is 23.0. The number of hydrogen-bond acceptors (Lipinski definition) is 2. The molecule has 2 nitrogen and oxygen atoms in total. The minimum Gasteiger partial charge on any atom is -0.309 e. The molecule has 0 N–H and O–H groups in total. The van der Waals surface area contributed by atoms with Crippen molar-refractivity contribution in [3.63, 3.8) is 0 Å². The molecule has 0 amide bonds. The second-order valence-corrected chi connectivity index (χ2v) is 11.1. The van der Waals surface area contributed by atoms with E-state index in [4.69, 9.17) is 0 Å². The first kappa shape index (κ1) is 20.6. The Kier molecular flexibility index (Phi) is 5.09. The number of aromatic nitrogens is 1. The average Bonchev–Trinajstić information content (AvgIpc) is 2.92. The second-order valence-electron chi connectivity index (χ2n) is 8.41. The van der Waals surface area contributed by atoms with Gasteiger partial charge >= 0.3 is 0 Å². The van der Waals surface area contributed by atoms with Crippen molar-refractivity contribution in [2.75, 3.05) is 0 Å². The number of benzene rings is 5. The van der Waals surface area contributed by atoms with Gasteiger partial charge < -0.3 is 4.57 Å². The number of fused-ring (bicyclic) bond motifs is 2. The van der Waals surface area contributed by atoms with E-state index in [2.05, 4.69) is 47.4 Å². The summed E-state index contributed by atoms with van der Waals surface area (Å²) in [7, 11) is -3.09. The van der Waals surface area contributed by atoms with Crippen LogP contribution in [0.25, 0.3) is 32.8 Å². The molecule has 0 saturated heterocycles. The van der Waals surface area contributed by atoms with E-state index in [-0.39, 0.29) is 0 Å². The molecule has 0 fully saturated rings. The quantitative estimate of drug-likeness (QED) is 0.277. The summed E-state index contributed by atoms with van der Waals surface area (Å²) in [6.07, 6.45) is 1.90. The fourth-order valence-electron chi connectivity index (χ4n) is 4.64. The normalized spacial score (nSPS) is 13.1. The molecular formula is C31H22NOP. The minimum absolute atomic E-state index is 0.826. The van der Waals surface area contributed by atoms with Crippen LogP contribution in [0.2, 0.25) is 0 Å². The summed E-state index contributed by atoms with van der Waals surface area (Å²) in [4.78, 5) is 4.60. The lowest BCUT2D eigenvalue weighted by Crippen LogP contribution is -2.25. The van der Waals surface area contributed by atoms with E-state index in [0.29, 0.717) is 0 Å². The molecule has 34 heavy (non-hydrogen) atoms. The highest BCUT2D eigenvalue weighted by Crippen LogP contribution is 2.44. The van der Waals surface area contributed by atoms with Crippen LogP contribution in [0, 0.1) is 0 Å². The molecule has 0 aliphatic rings. The molecular weight excluding hydrogens is 433 g/mol. The lowest BCUT2D eigenvalue weighted by Gasteiger charge is -2.22. The number of para-hydroxylation sites is 1. The van der Waals surface area contributed by atoms with Crippen LogP contribution in [0.15, 0.2) is 134 Å². The summed E-state index contributed by atoms with van der Waals surface area (Å²) in [5.74, 6) is 0. The van der Waals surface area contributed by atoms with Gasteiger partial charge in [-0.05, 0) is 28.5 Å². The third-order valence-electron chi connectivity index (χ3n) is 6.38. The van der Waals surface area contributed by atoms with E-state index < -0.39 is 7.14 Å². The maximum Gasteiger partial charge on any atom is 0.171 e. The zero-order valence-electron chi connectivity index (χ0n) is 18.5. The molecule has 162 valence electrons. The highest BCUT2D eigenvalue weighted by Gasteiger charge is 2.31. The Morgan fingerprint density at radius 1 is 0.529 bits per heavy atom. The van der Waals surface area contributed by atoms with Gasteiger partial charge in [-0.15, -0.1) is 0 Å². The van der Waals surface area contributed by atoms with Crippen molar-refractivity contribution >= 4 is 44.7 Å². The van der Waals surface area contributed by atoms with Crippen LogP contribution in [-0.2, 0) is 4.57 Å². The lowest BCUT2D eigenvalue weighted by atomic mass is 10.1. The Morgan fingerprint density at radius 2 is 1.18 bits per heavy atom. The summed E-state index contributed by atoms with van der Waals surface area (Å²) in [6.45, 7) is 0. The van der Waals surface area contributed by atoms with Gasteiger partial charge in [0.1, 0.15) is 0 Å². The molecule has 0 aliphatic carbocycles. The standard InChI is InChI=1S/C31H22NOP/c33-34(27-12-2-1-3-13-27,31-16-8-11-24-9-4-6-14-29(24)31)28-19-17-23(18-20-28)26-21-25-10-5-7-15-30(25)32-22-26/h1-22H. The summed E-state index contributed by atoms with van der Waals surface area (Å²) >= 11 is 0. The van der Waals surface area contributed by atoms with Crippen molar-refractivity contribution in [3.8, 4) is 11.1 Å². The molecule has 0 bridgehead atoms. The largest absolute Gasteiger partial charge is 0.309 e. The Labute approximate surface area is 198 Å². The van der Waals surface area contributed by atoms with E-state index in [9.17, 15) is 0 Å².